The first-order valence-corrected chi connectivity index (χ1v) is 7.64. The average Bonchev–Trinajstić information content (AvgIpc) is 2.46. The molecule has 0 amide bonds. The van der Waals surface area contributed by atoms with E-state index in [9.17, 15) is 14.4 Å². The van der Waals surface area contributed by atoms with Crippen molar-refractivity contribution in [2.45, 2.75) is 57.8 Å². The monoisotopic (exact) mass is 310 g/mol. The summed E-state index contributed by atoms with van der Waals surface area (Å²) < 4.78 is 16.1. The summed E-state index contributed by atoms with van der Waals surface area (Å²) >= 11 is 0. The molecule has 0 N–H and O–H groups in total. The molecular formula is C16H22O6. The first-order chi connectivity index (χ1) is 10.5. The van der Waals surface area contributed by atoms with Crippen LogP contribution < -0.4 is 0 Å². The molecule has 1 fully saturated rings. The molecular weight excluding hydrogens is 288 g/mol. The Kier molecular flexibility index (Phi) is 5.71. The van der Waals surface area contributed by atoms with E-state index in [0.29, 0.717) is 6.42 Å². The highest BCUT2D eigenvalue weighted by Crippen LogP contribution is 2.30. The maximum absolute atomic E-state index is 12.0. The maximum Gasteiger partial charge on any atom is 0.303 e. The van der Waals surface area contributed by atoms with Crippen LogP contribution in [0.1, 0.15) is 39.5 Å². The van der Waals surface area contributed by atoms with E-state index in [1.807, 2.05) is 0 Å². The third kappa shape index (κ3) is 4.40. The maximum atomic E-state index is 12.0. The Balaban J connectivity index is 2.06. The van der Waals surface area contributed by atoms with Crippen LogP contribution in [-0.4, -0.2) is 42.6 Å². The molecule has 6 nitrogen and oxygen atoms in total. The Morgan fingerprint density at radius 2 is 2.00 bits per heavy atom. The van der Waals surface area contributed by atoms with Gasteiger partial charge in [-0.3, -0.25) is 14.4 Å². The van der Waals surface area contributed by atoms with Gasteiger partial charge < -0.3 is 14.2 Å². The molecule has 1 aliphatic carbocycles. The molecule has 0 aromatic carbocycles. The van der Waals surface area contributed by atoms with Gasteiger partial charge in [-0.25, -0.2) is 0 Å². The first kappa shape index (κ1) is 16.7. The van der Waals surface area contributed by atoms with Crippen molar-refractivity contribution in [3.05, 3.63) is 12.2 Å². The van der Waals surface area contributed by atoms with Gasteiger partial charge in [0.2, 0.25) is 0 Å². The SMILES string of the molecule is CC(=O)OC[C@H]1OC(C2CCCCC2=O)C=C[C@H]1OC(C)=O. The molecule has 2 rings (SSSR count). The lowest BCUT2D eigenvalue weighted by atomic mass is 9.83. The van der Waals surface area contributed by atoms with Crippen LogP contribution in [0.15, 0.2) is 12.2 Å². The Morgan fingerprint density at radius 3 is 2.64 bits per heavy atom. The average molecular weight is 310 g/mol. The van der Waals surface area contributed by atoms with Gasteiger partial charge >= 0.3 is 11.9 Å². The van der Waals surface area contributed by atoms with Crippen LogP contribution >= 0.6 is 0 Å². The summed E-state index contributed by atoms with van der Waals surface area (Å²) in [5.41, 5.74) is 0. The number of hydrogen-bond donors (Lipinski definition) is 0. The van der Waals surface area contributed by atoms with Gasteiger partial charge in [-0.15, -0.1) is 0 Å². The first-order valence-electron chi connectivity index (χ1n) is 7.64. The van der Waals surface area contributed by atoms with E-state index in [2.05, 4.69) is 0 Å². The van der Waals surface area contributed by atoms with Crippen LogP contribution in [0.4, 0.5) is 0 Å². The minimum atomic E-state index is -0.605. The van der Waals surface area contributed by atoms with Crippen molar-refractivity contribution in [1.29, 1.82) is 0 Å². The third-order valence-corrected chi connectivity index (χ3v) is 3.94. The third-order valence-electron chi connectivity index (χ3n) is 3.94. The molecule has 4 atom stereocenters. The van der Waals surface area contributed by atoms with Gasteiger partial charge in [-0.1, -0.05) is 12.5 Å². The number of ether oxygens (including phenoxy) is 3. The van der Waals surface area contributed by atoms with Crippen LogP contribution in [-0.2, 0) is 28.6 Å². The number of carbonyl (C=O) groups excluding carboxylic acids is 3. The lowest BCUT2D eigenvalue weighted by Crippen LogP contribution is -2.45. The van der Waals surface area contributed by atoms with Gasteiger partial charge in [0.1, 0.15) is 24.6 Å². The fraction of sp³-hybridized carbons (Fsp3) is 0.688. The Hall–Kier alpha value is -1.69. The van der Waals surface area contributed by atoms with Crippen molar-refractivity contribution < 1.29 is 28.6 Å². The van der Waals surface area contributed by atoms with Gasteiger partial charge in [0.15, 0.2) is 0 Å². The Labute approximate surface area is 129 Å². The van der Waals surface area contributed by atoms with Crippen LogP contribution in [0.25, 0.3) is 0 Å². The molecule has 2 aliphatic rings. The molecule has 0 radical (unpaired) electrons. The predicted molar refractivity (Wildman–Crippen MR) is 77.0 cm³/mol. The second-order valence-electron chi connectivity index (χ2n) is 5.72. The number of esters is 2. The smallest absolute Gasteiger partial charge is 0.303 e. The van der Waals surface area contributed by atoms with Crippen molar-refractivity contribution in [2.24, 2.45) is 5.92 Å². The summed E-state index contributed by atoms with van der Waals surface area (Å²) in [6.45, 7) is 2.62. The van der Waals surface area contributed by atoms with E-state index in [1.54, 1.807) is 12.2 Å². The Morgan fingerprint density at radius 1 is 1.23 bits per heavy atom. The van der Waals surface area contributed by atoms with Crippen LogP contribution in [0, 0.1) is 5.92 Å². The normalized spacial score (nSPS) is 31.6. The van der Waals surface area contributed by atoms with Crippen molar-refractivity contribution in [3.63, 3.8) is 0 Å². The van der Waals surface area contributed by atoms with Crippen molar-refractivity contribution in [1.82, 2.24) is 0 Å². The van der Waals surface area contributed by atoms with Crippen LogP contribution in [0.3, 0.4) is 0 Å². The highest BCUT2D eigenvalue weighted by atomic mass is 16.6. The van der Waals surface area contributed by atoms with E-state index < -0.39 is 24.1 Å². The molecule has 1 saturated carbocycles. The molecule has 0 saturated heterocycles. The molecule has 0 aromatic rings. The molecule has 1 heterocycles. The van der Waals surface area contributed by atoms with Gasteiger partial charge in [0, 0.05) is 26.2 Å². The van der Waals surface area contributed by atoms with Crippen molar-refractivity contribution in [2.75, 3.05) is 6.61 Å². The summed E-state index contributed by atoms with van der Waals surface area (Å²) in [6.07, 6.45) is 5.29. The highest BCUT2D eigenvalue weighted by Gasteiger charge is 2.37. The summed E-state index contributed by atoms with van der Waals surface area (Å²) in [6, 6.07) is 0. The van der Waals surface area contributed by atoms with E-state index in [-0.39, 0.29) is 24.4 Å². The molecule has 0 bridgehead atoms. The molecule has 6 heteroatoms. The van der Waals surface area contributed by atoms with E-state index in [4.69, 9.17) is 14.2 Å². The van der Waals surface area contributed by atoms with E-state index in [1.165, 1.54) is 13.8 Å². The van der Waals surface area contributed by atoms with Gasteiger partial charge in [-0.2, -0.15) is 0 Å². The molecule has 2 unspecified atom stereocenters. The quantitative estimate of drug-likeness (QED) is 0.579. The molecule has 0 spiro atoms. The van der Waals surface area contributed by atoms with Gasteiger partial charge in [0.05, 0.1) is 6.10 Å². The molecule has 1 aliphatic heterocycles. The fourth-order valence-electron chi connectivity index (χ4n) is 2.89. The fourth-order valence-corrected chi connectivity index (χ4v) is 2.89. The summed E-state index contributed by atoms with van der Waals surface area (Å²) in [5, 5.41) is 0. The molecule has 122 valence electrons. The minimum absolute atomic E-state index is 0.00493. The summed E-state index contributed by atoms with van der Waals surface area (Å²) in [5.74, 6) is -0.815. The largest absolute Gasteiger partial charge is 0.463 e. The lowest BCUT2D eigenvalue weighted by Gasteiger charge is -2.35. The predicted octanol–water partition coefficient (Wildman–Crippen LogP) is 1.56. The second kappa shape index (κ2) is 7.54. The summed E-state index contributed by atoms with van der Waals surface area (Å²) in [7, 11) is 0. The lowest BCUT2D eigenvalue weighted by molar-refractivity contribution is -0.168. The summed E-state index contributed by atoms with van der Waals surface area (Å²) in [4.78, 5) is 34.2. The van der Waals surface area contributed by atoms with E-state index >= 15 is 0 Å². The minimum Gasteiger partial charge on any atom is -0.463 e. The van der Waals surface area contributed by atoms with Gasteiger partial charge in [0.25, 0.3) is 0 Å². The van der Waals surface area contributed by atoms with Crippen molar-refractivity contribution >= 4 is 17.7 Å². The zero-order chi connectivity index (χ0) is 16.1. The number of ketones is 1. The molecule has 0 aromatic heterocycles. The number of rotatable bonds is 4. The standard InChI is InChI=1S/C16H22O6/c1-10(17)20-9-16-15(21-11(2)18)8-7-14(22-16)12-5-3-4-6-13(12)19/h7-8,12,14-16H,3-6,9H2,1-2H3/t12?,14?,15-,16-/m1/s1. The number of Topliss-reactive ketones (excluding diaryl/α,β-unsaturated/α-hetero) is 1. The number of hydrogen-bond acceptors (Lipinski definition) is 6. The number of carbonyl (C=O) groups is 3. The van der Waals surface area contributed by atoms with Crippen molar-refractivity contribution in [3.8, 4) is 0 Å². The second-order valence-corrected chi connectivity index (χ2v) is 5.72. The molecule has 22 heavy (non-hydrogen) atoms. The van der Waals surface area contributed by atoms with Crippen LogP contribution in [0.5, 0.6) is 0 Å². The zero-order valence-electron chi connectivity index (χ0n) is 12.9. The topological polar surface area (TPSA) is 78.9 Å². The van der Waals surface area contributed by atoms with E-state index in [0.717, 1.165) is 19.3 Å². The van der Waals surface area contributed by atoms with Crippen LogP contribution in [0.2, 0.25) is 0 Å². The zero-order valence-corrected chi connectivity index (χ0v) is 12.9. The van der Waals surface area contributed by atoms with Gasteiger partial charge in [-0.05, 0) is 18.9 Å². The Bertz CT molecular complexity index is 469. The highest BCUT2D eigenvalue weighted by molar-refractivity contribution is 5.82.